The molecule has 0 saturated heterocycles. The van der Waals surface area contributed by atoms with Gasteiger partial charge in [0, 0.05) is 12.1 Å². The third kappa shape index (κ3) is 2.13. The number of hydrogen-bond acceptors (Lipinski definition) is 3. The van der Waals surface area contributed by atoms with E-state index in [1.165, 1.54) is 12.1 Å². The number of rotatable bonds is 3. The van der Waals surface area contributed by atoms with Crippen LogP contribution in [0.5, 0.6) is 0 Å². The van der Waals surface area contributed by atoms with Crippen LogP contribution in [0.4, 0.5) is 4.39 Å². The highest BCUT2D eigenvalue weighted by atomic mass is 19.1. The maximum atomic E-state index is 12.7. The third-order valence-corrected chi connectivity index (χ3v) is 2.31. The van der Waals surface area contributed by atoms with Crippen LogP contribution in [0.15, 0.2) is 40.8 Å². The Labute approximate surface area is 92.3 Å². The zero-order chi connectivity index (χ0) is 11.5. The van der Waals surface area contributed by atoms with E-state index >= 15 is 0 Å². The number of furan rings is 1. The molecule has 0 unspecified atom stereocenters. The summed E-state index contributed by atoms with van der Waals surface area (Å²) in [6, 6.07) is 9.34. The van der Waals surface area contributed by atoms with Crippen molar-refractivity contribution in [1.82, 2.24) is 0 Å². The van der Waals surface area contributed by atoms with Crippen LogP contribution < -0.4 is 5.73 Å². The Morgan fingerprint density at radius 2 is 1.88 bits per heavy atom. The minimum absolute atomic E-state index is 0.108. The van der Waals surface area contributed by atoms with E-state index in [4.69, 9.17) is 10.2 Å². The monoisotopic (exact) mass is 221 g/mol. The predicted molar refractivity (Wildman–Crippen MR) is 58.1 cm³/mol. The molecule has 0 bridgehead atoms. The standard InChI is InChI=1S/C12H12FNO2/c13-9-3-1-8(2-4-9)11-5-6-12(16-11)10(15)7-14/h1-6,10,15H,7,14H2/t10-/m0/s1. The molecule has 2 rings (SSSR count). The number of benzene rings is 1. The molecule has 0 aliphatic rings. The van der Waals surface area contributed by atoms with Crippen molar-refractivity contribution in [3.05, 3.63) is 48.0 Å². The highest BCUT2D eigenvalue weighted by molar-refractivity contribution is 5.57. The average molecular weight is 221 g/mol. The number of hydrogen-bond donors (Lipinski definition) is 2. The van der Waals surface area contributed by atoms with Crippen LogP contribution in [0.3, 0.4) is 0 Å². The molecular weight excluding hydrogens is 209 g/mol. The van der Waals surface area contributed by atoms with Gasteiger partial charge in [0.05, 0.1) is 0 Å². The molecule has 1 aromatic carbocycles. The highest BCUT2D eigenvalue weighted by Gasteiger charge is 2.11. The Bertz CT molecular complexity index is 464. The van der Waals surface area contributed by atoms with Crippen LogP contribution in [0.2, 0.25) is 0 Å². The van der Waals surface area contributed by atoms with Crippen molar-refractivity contribution in [1.29, 1.82) is 0 Å². The molecule has 0 fully saturated rings. The summed E-state index contributed by atoms with van der Waals surface area (Å²) in [5, 5.41) is 9.45. The highest BCUT2D eigenvalue weighted by Crippen LogP contribution is 2.25. The molecule has 0 aliphatic heterocycles. The van der Waals surface area contributed by atoms with Gasteiger partial charge in [-0.25, -0.2) is 4.39 Å². The molecule has 3 N–H and O–H groups in total. The molecule has 16 heavy (non-hydrogen) atoms. The summed E-state index contributed by atoms with van der Waals surface area (Å²) in [5.74, 6) is 0.710. The minimum atomic E-state index is -0.797. The van der Waals surface area contributed by atoms with Gasteiger partial charge in [0.25, 0.3) is 0 Å². The normalized spacial score (nSPS) is 12.7. The quantitative estimate of drug-likeness (QED) is 0.834. The lowest BCUT2D eigenvalue weighted by Crippen LogP contribution is -2.10. The summed E-state index contributed by atoms with van der Waals surface area (Å²) in [4.78, 5) is 0. The van der Waals surface area contributed by atoms with E-state index < -0.39 is 6.10 Å². The fraction of sp³-hybridized carbons (Fsp3) is 0.167. The lowest BCUT2D eigenvalue weighted by molar-refractivity contribution is 0.159. The summed E-state index contributed by atoms with van der Waals surface area (Å²) in [6.45, 7) is 0.108. The summed E-state index contributed by atoms with van der Waals surface area (Å²) in [6.07, 6.45) is -0.797. The van der Waals surface area contributed by atoms with Gasteiger partial charge in [0.1, 0.15) is 23.4 Å². The van der Waals surface area contributed by atoms with Crippen molar-refractivity contribution in [2.75, 3.05) is 6.54 Å². The smallest absolute Gasteiger partial charge is 0.134 e. The van der Waals surface area contributed by atoms with Crippen molar-refractivity contribution in [2.24, 2.45) is 5.73 Å². The fourth-order valence-corrected chi connectivity index (χ4v) is 1.42. The van der Waals surface area contributed by atoms with E-state index in [1.807, 2.05) is 0 Å². The van der Waals surface area contributed by atoms with Crippen LogP contribution in [-0.4, -0.2) is 11.7 Å². The second-order valence-electron chi connectivity index (χ2n) is 3.46. The Balaban J connectivity index is 2.28. The van der Waals surface area contributed by atoms with E-state index in [0.29, 0.717) is 11.5 Å². The fourth-order valence-electron chi connectivity index (χ4n) is 1.42. The largest absolute Gasteiger partial charge is 0.458 e. The molecule has 1 heterocycles. The van der Waals surface area contributed by atoms with Crippen molar-refractivity contribution >= 4 is 0 Å². The van der Waals surface area contributed by atoms with E-state index in [9.17, 15) is 9.50 Å². The lowest BCUT2D eigenvalue weighted by atomic mass is 10.2. The Kier molecular flexibility index (Phi) is 3.03. The molecule has 0 amide bonds. The molecule has 2 aromatic rings. The van der Waals surface area contributed by atoms with Crippen molar-refractivity contribution < 1.29 is 13.9 Å². The van der Waals surface area contributed by atoms with Gasteiger partial charge in [-0.2, -0.15) is 0 Å². The first-order chi connectivity index (χ1) is 7.70. The summed E-state index contributed by atoms with van der Waals surface area (Å²) < 4.78 is 18.1. The molecule has 1 aromatic heterocycles. The SMILES string of the molecule is NC[C@H](O)c1ccc(-c2ccc(F)cc2)o1. The zero-order valence-electron chi connectivity index (χ0n) is 8.56. The lowest BCUT2D eigenvalue weighted by Gasteiger charge is -2.02. The number of aliphatic hydroxyl groups excluding tert-OH is 1. The van der Waals surface area contributed by atoms with Crippen LogP contribution in [0.1, 0.15) is 11.9 Å². The first kappa shape index (κ1) is 10.9. The van der Waals surface area contributed by atoms with E-state index in [1.54, 1.807) is 24.3 Å². The second-order valence-corrected chi connectivity index (χ2v) is 3.46. The zero-order valence-corrected chi connectivity index (χ0v) is 8.56. The molecule has 0 radical (unpaired) electrons. The predicted octanol–water partition coefficient (Wildman–Crippen LogP) is 2.08. The van der Waals surface area contributed by atoms with Crippen LogP contribution in [-0.2, 0) is 0 Å². The molecular formula is C12H12FNO2. The minimum Gasteiger partial charge on any atom is -0.458 e. The van der Waals surface area contributed by atoms with Crippen molar-refractivity contribution in [3.63, 3.8) is 0 Å². The van der Waals surface area contributed by atoms with Gasteiger partial charge in [0.2, 0.25) is 0 Å². The first-order valence-corrected chi connectivity index (χ1v) is 4.94. The first-order valence-electron chi connectivity index (χ1n) is 4.94. The summed E-state index contributed by atoms with van der Waals surface area (Å²) in [5.41, 5.74) is 6.07. The maximum absolute atomic E-state index is 12.7. The van der Waals surface area contributed by atoms with Crippen molar-refractivity contribution in [3.8, 4) is 11.3 Å². The molecule has 1 atom stereocenters. The Hall–Kier alpha value is -1.65. The van der Waals surface area contributed by atoms with Gasteiger partial charge in [-0.1, -0.05) is 0 Å². The number of halogens is 1. The van der Waals surface area contributed by atoms with E-state index in [-0.39, 0.29) is 12.4 Å². The van der Waals surface area contributed by atoms with Gasteiger partial charge in [-0.15, -0.1) is 0 Å². The summed E-state index contributed by atoms with van der Waals surface area (Å²) in [7, 11) is 0. The van der Waals surface area contributed by atoms with Gasteiger partial charge in [-0.05, 0) is 36.4 Å². The molecule has 84 valence electrons. The van der Waals surface area contributed by atoms with Crippen LogP contribution in [0.25, 0.3) is 11.3 Å². The number of nitrogens with two attached hydrogens (primary N) is 1. The topological polar surface area (TPSA) is 59.4 Å². The van der Waals surface area contributed by atoms with Crippen molar-refractivity contribution in [2.45, 2.75) is 6.10 Å². The van der Waals surface area contributed by atoms with Gasteiger partial charge in [-0.3, -0.25) is 0 Å². The van der Waals surface area contributed by atoms with Gasteiger partial charge < -0.3 is 15.3 Å². The molecule has 0 spiro atoms. The van der Waals surface area contributed by atoms with Crippen LogP contribution in [0, 0.1) is 5.82 Å². The maximum Gasteiger partial charge on any atom is 0.134 e. The van der Waals surface area contributed by atoms with E-state index in [2.05, 4.69) is 0 Å². The van der Waals surface area contributed by atoms with Gasteiger partial charge >= 0.3 is 0 Å². The van der Waals surface area contributed by atoms with E-state index in [0.717, 1.165) is 5.56 Å². The molecule has 0 saturated carbocycles. The van der Waals surface area contributed by atoms with Crippen LogP contribution >= 0.6 is 0 Å². The molecule has 4 heteroatoms. The molecule has 3 nitrogen and oxygen atoms in total. The third-order valence-electron chi connectivity index (χ3n) is 2.31. The Morgan fingerprint density at radius 1 is 1.19 bits per heavy atom. The average Bonchev–Trinajstić information content (AvgIpc) is 2.78. The number of aliphatic hydroxyl groups is 1. The Morgan fingerprint density at radius 3 is 2.50 bits per heavy atom. The summed E-state index contributed by atoms with van der Waals surface area (Å²) >= 11 is 0. The second kappa shape index (κ2) is 4.47. The van der Waals surface area contributed by atoms with Gasteiger partial charge in [0.15, 0.2) is 0 Å². The molecule has 0 aliphatic carbocycles.